The molecule has 1 unspecified atom stereocenters. The molecule has 1 saturated heterocycles. The Morgan fingerprint density at radius 2 is 1.97 bits per heavy atom. The highest BCUT2D eigenvalue weighted by Gasteiger charge is 2.33. The Kier molecular flexibility index (Phi) is 5.90. The maximum atomic E-state index is 12.9. The fraction of sp³-hybridized carbons (Fsp3) is 0.364. The van der Waals surface area contributed by atoms with E-state index in [4.69, 9.17) is 0 Å². The van der Waals surface area contributed by atoms with Gasteiger partial charge in [0.05, 0.1) is 21.0 Å². The molecular formula is C22H25N3O3S2. The van der Waals surface area contributed by atoms with E-state index in [0.29, 0.717) is 30.4 Å². The summed E-state index contributed by atoms with van der Waals surface area (Å²) in [6, 6.07) is 14.5. The summed E-state index contributed by atoms with van der Waals surface area (Å²) < 4.78 is 28.3. The highest BCUT2D eigenvalue weighted by Crippen LogP contribution is 2.30. The second-order valence-electron chi connectivity index (χ2n) is 7.91. The second kappa shape index (κ2) is 8.45. The van der Waals surface area contributed by atoms with Gasteiger partial charge in [-0.3, -0.25) is 4.79 Å². The third-order valence-corrected chi connectivity index (χ3v) is 8.26. The Bertz CT molecular complexity index is 1160. The van der Waals surface area contributed by atoms with Crippen LogP contribution in [-0.4, -0.2) is 36.7 Å². The van der Waals surface area contributed by atoms with Gasteiger partial charge >= 0.3 is 0 Å². The minimum absolute atomic E-state index is 0.175. The molecule has 3 aromatic rings. The lowest BCUT2D eigenvalue weighted by Gasteiger charge is -2.31. The Balaban J connectivity index is 1.48. The van der Waals surface area contributed by atoms with E-state index in [1.54, 1.807) is 30.3 Å². The molecule has 0 saturated carbocycles. The Labute approximate surface area is 181 Å². The third kappa shape index (κ3) is 4.26. The van der Waals surface area contributed by atoms with Crippen molar-refractivity contribution < 1.29 is 13.2 Å². The van der Waals surface area contributed by atoms with E-state index in [-0.39, 0.29) is 17.3 Å². The number of sulfonamides is 1. The molecule has 0 bridgehead atoms. The summed E-state index contributed by atoms with van der Waals surface area (Å²) in [5, 5.41) is 3.46. The summed E-state index contributed by atoms with van der Waals surface area (Å²) in [5.41, 5.74) is 2.09. The number of anilines is 1. The van der Waals surface area contributed by atoms with E-state index in [9.17, 15) is 13.2 Å². The minimum atomic E-state index is -3.59. The summed E-state index contributed by atoms with van der Waals surface area (Å²) >= 11 is 1.45. The van der Waals surface area contributed by atoms with Gasteiger partial charge < -0.3 is 5.32 Å². The van der Waals surface area contributed by atoms with Gasteiger partial charge in [-0.2, -0.15) is 4.31 Å². The number of fused-ring (bicyclic) bond motifs is 1. The van der Waals surface area contributed by atoms with Gasteiger partial charge in [-0.15, -0.1) is 0 Å². The number of thiazole rings is 1. The van der Waals surface area contributed by atoms with Crippen LogP contribution in [0.25, 0.3) is 10.2 Å². The molecule has 158 valence electrons. The molecule has 1 fully saturated rings. The van der Waals surface area contributed by atoms with Crippen molar-refractivity contribution in [3.05, 3.63) is 54.1 Å². The summed E-state index contributed by atoms with van der Waals surface area (Å²) in [4.78, 5) is 17.6. The zero-order chi connectivity index (χ0) is 21.3. The molecule has 4 rings (SSSR count). The van der Waals surface area contributed by atoms with Gasteiger partial charge in [0.15, 0.2) is 5.13 Å². The number of piperidine rings is 1. The number of rotatable bonds is 5. The fourth-order valence-corrected chi connectivity index (χ4v) is 6.14. The topological polar surface area (TPSA) is 79.4 Å². The van der Waals surface area contributed by atoms with E-state index in [1.165, 1.54) is 21.2 Å². The Hall–Kier alpha value is -2.29. The first kappa shape index (κ1) is 21.0. The number of benzene rings is 2. The van der Waals surface area contributed by atoms with Crippen molar-refractivity contribution in [2.24, 2.45) is 5.92 Å². The number of aromatic nitrogens is 1. The Morgan fingerprint density at radius 1 is 1.20 bits per heavy atom. The van der Waals surface area contributed by atoms with Crippen LogP contribution in [0.1, 0.15) is 38.2 Å². The van der Waals surface area contributed by atoms with Crippen molar-refractivity contribution >= 4 is 42.6 Å². The van der Waals surface area contributed by atoms with Crippen molar-refractivity contribution in [3.8, 4) is 0 Å². The van der Waals surface area contributed by atoms with Crippen LogP contribution in [0.5, 0.6) is 0 Å². The van der Waals surface area contributed by atoms with Gasteiger partial charge in [-0.1, -0.05) is 49.4 Å². The van der Waals surface area contributed by atoms with Gasteiger partial charge in [0, 0.05) is 13.1 Å². The van der Waals surface area contributed by atoms with Crippen molar-refractivity contribution in [2.45, 2.75) is 37.5 Å². The van der Waals surface area contributed by atoms with Gasteiger partial charge in [0.25, 0.3) is 0 Å². The predicted octanol–water partition coefficient (Wildman–Crippen LogP) is 4.46. The highest BCUT2D eigenvalue weighted by atomic mass is 32.2. The predicted molar refractivity (Wildman–Crippen MR) is 120 cm³/mol. The van der Waals surface area contributed by atoms with E-state index >= 15 is 0 Å². The summed E-state index contributed by atoms with van der Waals surface area (Å²) in [7, 11) is -3.59. The average molecular weight is 444 g/mol. The van der Waals surface area contributed by atoms with Gasteiger partial charge in [-0.25, -0.2) is 13.4 Å². The molecule has 1 amide bonds. The molecule has 1 N–H and O–H groups in total. The number of carbonyl (C=O) groups is 1. The van der Waals surface area contributed by atoms with E-state index < -0.39 is 15.9 Å². The summed E-state index contributed by atoms with van der Waals surface area (Å²) in [6.45, 7) is 4.90. The van der Waals surface area contributed by atoms with Gasteiger partial charge in [-0.05, 0) is 48.6 Å². The van der Waals surface area contributed by atoms with Gasteiger partial charge in [0.1, 0.15) is 0 Å². The number of hydrogen-bond donors (Lipinski definition) is 1. The zero-order valence-electron chi connectivity index (χ0n) is 17.0. The first-order valence-corrected chi connectivity index (χ1v) is 12.4. The quantitative estimate of drug-likeness (QED) is 0.631. The molecule has 1 atom stereocenters. The van der Waals surface area contributed by atoms with Crippen LogP contribution >= 0.6 is 11.3 Å². The zero-order valence-corrected chi connectivity index (χ0v) is 18.7. The van der Waals surface area contributed by atoms with Crippen LogP contribution in [0.15, 0.2) is 53.4 Å². The molecule has 1 aromatic heterocycles. The van der Waals surface area contributed by atoms with Crippen LogP contribution < -0.4 is 5.32 Å². The van der Waals surface area contributed by atoms with E-state index in [0.717, 1.165) is 10.2 Å². The van der Waals surface area contributed by atoms with Crippen LogP contribution in [0, 0.1) is 5.92 Å². The lowest BCUT2D eigenvalue weighted by atomic mass is 9.99. The van der Waals surface area contributed by atoms with Gasteiger partial charge in [0.2, 0.25) is 15.9 Å². The number of nitrogens with zero attached hydrogens (tertiary/aromatic N) is 2. The summed E-state index contributed by atoms with van der Waals surface area (Å²) in [5.74, 6) is -0.143. The second-order valence-corrected chi connectivity index (χ2v) is 10.9. The maximum absolute atomic E-state index is 12.9. The normalized spacial score (nSPS) is 18.0. The maximum Gasteiger partial charge on any atom is 0.243 e. The first-order chi connectivity index (χ1) is 14.3. The van der Waals surface area contributed by atoms with Crippen molar-refractivity contribution in [1.29, 1.82) is 0 Å². The molecule has 0 aliphatic carbocycles. The van der Waals surface area contributed by atoms with Crippen molar-refractivity contribution in [2.75, 3.05) is 18.4 Å². The SMILES string of the molecule is CC(C)c1ccc2nc(NC(=O)C3CCCN(S(=O)(=O)c4ccccc4)C3)sc2c1. The largest absolute Gasteiger partial charge is 0.302 e. The lowest BCUT2D eigenvalue weighted by Crippen LogP contribution is -2.43. The number of nitrogens with one attached hydrogen (secondary N) is 1. The number of hydrogen-bond acceptors (Lipinski definition) is 5. The van der Waals surface area contributed by atoms with Crippen molar-refractivity contribution in [1.82, 2.24) is 9.29 Å². The molecule has 1 aliphatic rings. The van der Waals surface area contributed by atoms with Crippen molar-refractivity contribution in [3.63, 3.8) is 0 Å². The average Bonchev–Trinajstić information content (AvgIpc) is 3.15. The highest BCUT2D eigenvalue weighted by molar-refractivity contribution is 7.89. The standard InChI is InChI=1S/C22H25N3O3S2/c1-15(2)16-10-11-19-20(13-16)29-22(23-19)24-21(26)17-7-6-12-25(14-17)30(27,28)18-8-4-3-5-9-18/h3-5,8-11,13,15,17H,6-7,12,14H2,1-2H3,(H,23,24,26). The summed E-state index contributed by atoms with van der Waals surface area (Å²) in [6.07, 6.45) is 1.32. The molecule has 8 heteroatoms. The number of carbonyl (C=O) groups excluding carboxylic acids is 1. The van der Waals surface area contributed by atoms with Crippen LogP contribution in [0.2, 0.25) is 0 Å². The minimum Gasteiger partial charge on any atom is -0.302 e. The molecule has 6 nitrogen and oxygen atoms in total. The molecule has 0 radical (unpaired) electrons. The molecular weight excluding hydrogens is 418 g/mol. The molecule has 1 aliphatic heterocycles. The lowest BCUT2D eigenvalue weighted by molar-refractivity contribution is -0.120. The van der Waals surface area contributed by atoms with Crippen LogP contribution in [0.3, 0.4) is 0 Å². The third-order valence-electron chi connectivity index (χ3n) is 5.45. The van der Waals surface area contributed by atoms with E-state index in [2.05, 4.69) is 36.3 Å². The fourth-order valence-electron chi connectivity index (χ4n) is 3.68. The smallest absolute Gasteiger partial charge is 0.243 e. The molecule has 2 heterocycles. The van der Waals surface area contributed by atoms with Crippen LogP contribution in [0.4, 0.5) is 5.13 Å². The Morgan fingerprint density at radius 3 is 2.70 bits per heavy atom. The molecule has 2 aromatic carbocycles. The number of amides is 1. The van der Waals surface area contributed by atoms with E-state index in [1.807, 2.05) is 6.07 Å². The first-order valence-electron chi connectivity index (χ1n) is 10.1. The monoisotopic (exact) mass is 443 g/mol. The molecule has 0 spiro atoms. The van der Waals surface area contributed by atoms with Crippen LogP contribution in [-0.2, 0) is 14.8 Å². The molecule has 30 heavy (non-hydrogen) atoms.